The van der Waals surface area contributed by atoms with Gasteiger partial charge in [-0.25, -0.2) is 8.42 Å². The van der Waals surface area contributed by atoms with Gasteiger partial charge >= 0.3 is 0 Å². The number of amides is 1. The summed E-state index contributed by atoms with van der Waals surface area (Å²) in [5, 5.41) is 2.90. The molecule has 0 aliphatic carbocycles. The largest absolute Gasteiger partial charge is 0.484 e. The van der Waals surface area contributed by atoms with Crippen molar-refractivity contribution in [3.63, 3.8) is 0 Å². The summed E-state index contributed by atoms with van der Waals surface area (Å²) in [6, 6.07) is 15.5. The topological polar surface area (TPSA) is 72.5 Å². The number of sulfone groups is 1. The maximum Gasteiger partial charge on any atom is 0.258 e. The second-order valence-electron chi connectivity index (χ2n) is 5.47. The summed E-state index contributed by atoms with van der Waals surface area (Å²) >= 11 is 0. The SMILES string of the molecule is CC[C@H](NC(=O)COc1ccccc1)c1ccc(S(C)(=O)=O)cc1. The molecule has 0 aromatic heterocycles. The van der Waals surface area contributed by atoms with E-state index in [1.54, 1.807) is 36.4 Å². The maximum atomic E-state index is 12.1. The quantitative estimate of drug-likeness (QED) is 0.836. The number of benzene rings is 2. The fourth-order valence-corrected chi connectivity index (χ4v) is 2.90. The van der Waals surface area contributed by atoms with Crippen LogP contribution < -0.4 is 10.1 Å². The Morgan fingerprint density at radius 3 is 2.25 bits per heavy atom. The summed E-state index contributed by atoms with van der Waals surface area (Å²) in [5.41, 5.74) is 0.859. The van der Waals surface area contributed by atoms with Gasteiger partial charge in [0.2, 0.25) is 0 Å². The zero-order chi connectivity index (χ0) is 17.6. The van der Waals surface area contributed by atoms with E-state index in [0.29, 0.717) is 12.2 Å². The van der Waals surface area contributed by atoms with E-state index in [-0.39, 0.29) is 23.5 Å². The Labute approximate surface area is 142 Å². The van der Waals surface area contributed by atoms with Gasteiger partial charge in [-0.15, -0.1) is 0 Å². The monoisotopic (exact) mass is 347 g/mol. The molecule has 24 heavy (non-hydrogen) atoms. The second-order valence-corrected chi connectivity index (χ2v) is 7.49. The predicted octanol–water partition coefficient (Wildman–Crippen LogP) is 2.74. The maximum absolute atomic E-state index is 12.1. The van der Waals surface area contributed by atoms with E-state index < -0.39 is 9.84 Å². The average molecular weight is 347 g/mol. The molecule has 0 heterocycles. The summed E-state index contributed by atoms with van der Waals surface area (Å²) in [5.74, 6) is 0.413. The number of ether oxygens (including phenoxy) is 1. The van der Waals surface area contributed by atoms with Crippen LogP contribution in [-0.4, -0.2) is 27.2 Å². The van der Waals surface area contributed by atoms with E-state index in [0.717, 1.165) is 5.56 Å². The lowest BCUT2D eigenvalue weighted by molar-refractivity contribution is -0.123. The van der Waals surface area contributed by atoms with Crippen LogP contribution in [0.1, 0.15) is 24.9 Å². The van der Waals surface area contributed by atoms with Crippen molar-refractivity contribution in [1.82, 2.24) is 5.32 Å². The highest BCUT2D eigenvalue weighted by Gasteiger charge is 2.14. The first-order chi connectivity index (χ1) is 11.4. The van der Waals surface area contributed by atoms with E-state index in [4.69, 9.17) is 4.74 Å². The van der Waals surface area contributed by atoms with Crippen molar-refractivity contribution in [3.8, 4) is 5.75 Å². The number of nitrogens with one attached hydrogen (secondary N) is 1. The van der Waals surface area contributed by atoms with Gasteiger partial charge in [-0.05, 0) is 36.2 Å². The van der Waals surface area contributed by atoms with Gasteiger partial charge in [0.05, 0.1) is 10.9 Å². The molecule has 1 N–H and O–H groups in total. The lowest BCUT2D eigenvalue weighted by Crippen LogP contribution is -2.32. The number of hydrogen-bond acceptors (Lipinski definition) is 4. The number of carbonyl (C=O) groups excluding carboxylic acids is 1. The highest BCUT2D eigenvalue weighted by molar-refractivity contribution is 7.90. The molecule has 0 saturated carbocycles. The van der Waals surface area contributed by atoms with Gasteiger partial charge < -0.3 is 10.1 Å². The van der Waals surface area contributed by atoms with Gasteiger partial charge in [-0.2, -0.15) is 0 Å². The number of carbonyl (C=O) groups is 1. The molecule has 0 aliphatic heterocycles. The fourth-order valence-electron chi connectivity index (χ4n) is 2.27. The zero-order valence-electron chi connectivity index (χ0n) is 13.7. The molecule has 0 saturated heterocycles. The van der Waals surface area contributed by atoms with Gasteiger partial charge in [0.1, 0.15) is 5.75 Å². The Morgan fingerprint density at radius 2 is 1.71 bits per heavy atom. The summed E-state index contributed by atoms with van der Waals surface area (Å²) in [4.78, 5) is 12.3. The first-order valence-electron chi connectivity index (χ1n) is 7.67. The Morgan fingerprint density at radius 1 is 1.08 bits per heavy atom. The van der Waals surface area contributed by atoms with Crippen molar-refractivity contribution in [1.29, 1.82) is 0 Å². The molecule has 1 amide bonds. The van der Waals surface area contributed by atoms with Crippen molar-refractivity contribution in [3.05, 3.63) is 60.2 Å². The lowest BCUT2D eigenvalue weighted by atomic mass is 10.0. The molecular formula is C18H21NO4S. The van der Waals surface area contributed by atoms with Crippen LogP contribution >= 0.6 is 0 Å². The minimum Gasteiger partial charge on any atom is -0.484 e. The first kappa shape index (κ1) is 18.0. The molecule has 0 unspecified atom stereocenters. The summed E-state index contributed by atoms with van der Waals surface area (Å²) in [7, 11) is -3.22. The third-order valence-electron chi connectivity index (χ3n) is 3.57. The minimum absolute atomic E-state index is 0.0675. The van der Waals surface area contributed by atoms with Crippen molar-refractivity contribution in [2.24, 2.45) is 0 Å². The van der Waals surface area contributed by atoms with E-state index >= 15 is 0 Å². The standard InChI is InChI=1S/C18H21NO4S/c1-3-17(14-9-11-16(12-10-14)24(2,21)22)19-18(20)13-23-15-7-5-4-6-8-15/h4-12,17H,3,13H2,1-2H3,(H,19,20)/t17-/m0/s1. The third-order valence-corrected chi connectivity index (χ3v) is 4.70. The molecule has 2 aromatic rings. The molecular weight excluding hydrogens is 326 g/mol. The van der Waals surface area contributed by atoms with E-state index in [9.17, 15) is 13.2 Å². The molecule has 1 atom stereocenters. The highest BCUT2D eigenvalue weighted by Crippen LogP contribution is 2.19. The van der Waals surface area contributed by atoms with Crippen LogP contribution in [0, 0.1) is 0 Å². The van der Waals surface area contributed by atoms with Crippen LogP contribution in [0.3, 0.4) is 0 Å². The molecule has 0 aliphatic rings. The van der Waals surface area contributed by atoms with Crippen LogP contribution in [0.4, 0.5) is 0 Å². The Kier molecular flexibility index (Phi) is 5.98. The van der Waals surface area contributed by atoms with Crippen molar-refractivity contribution in [2.75, 3.05) is 12.9 Å². The first-order valence-corrected chi connectivity index (χ1v) is 9.56. The second kappa shape index (κ2) is 7.97. The van der Waals surface area contributed by atoms with E-state index in [2.05, 4.69) is 5.32 Å². The van der Waals surface area contributed by atoms with E-state index in [1.165, 1.54) is 6.26 Å². The molecule has 2 rings (SSSR count). The number of para-hydroxylation sites is 1. The van der Waals surface area contributed by atoms with Crippen molar-refractivity contribution in [2.45, 2.75) is 24.3 Å². The van der Waals surface area contributed by atoms with Crippen LogP contribution in [-0.2, 0) is 14.6 Å². The minimum atomic E-state index is -3.22. The summed E-state index contributed by atoms with van der Waals surface area (Å²) in [6.07, 6.45) is 1.86. The number of rotatable bonds is 7. The fraction of sp³-hybridized carbons (Fsp3) is 0.278. The Balaban J connectivity index is 1.97. The predicted molar refractivity (Wildman–Crippen MR) is 92.7 cm³/mol. The molecule has 6 heteroatoms. The average Bonchev–Trinajstić information content (AvgIpc) is 2.58. The van der Waals surface area contributed by atoms with Gasteiger partial charge in [0.25, 0.3) is 5.91 Å². The molecule has 0 bridgehead atoms. The number of hydrogen-bond donors (Lipinski definition) is 1. The molecule has 128 valence electrons. The highest BCUT2D eigenvalue weighted by atomic mass is 32.2. The van der Waals surface area contributed by atoms with Gasteiger partial charge in [-0.1, -0.05) is 37.3 Å². The van der Waals surface area contributed by atoms with Gasteiger partial charge in [0, 0.05) is 6.26 Å². The Bertz CT molecular complexity index is 770. The van der Waals surface area contributed by atoms with E-state index in [1.807, 2.05) is 25.1 Å². The normalized spacial score (nSPS) is 12.4. The van der Waals surface area contributed by atoms with Crippen molar-refractivity contribution < 1.29 is 17.9 Å². The lowest BCUT2D eigenvalue weighted by Gasteiger charge is -2.18. The smallest absolute Gasteiger partial charge is 0.258 e. The molecule has 0 fully saturated rings. The zero-order valence-corrected chi connectivity index (χ0v) is 14.5. The summed E-state index contributed by atoms with van der Waals surface area (Å²) in [6.45, 7) is 1.88. The third kappa shape index (κ3) is 5.09. The molecule has 2 aromatic carbocycles. The van der Waals surface area contributed by atoms with Crippen LogP contribution in [0.2, 0.25) is 0 Å². The van der Waals surface area contributed by atoms with Crippen LogP contribution in [0.25, 0.3) is 0 Å². The Hall–Kier alpha value is -2.34. The van der Waals surface area contributed by atoms with Crippen LogP contribution in [0.5, 0.6) is 5.75 Å². The molecule has 0 radical (unpaired) electrons. The van der Waals surface area contributed by atoms with Crippen molar-refractivity contribution >= 4 is 15.7 Å². The van der Waals surface area contributed by atoms with Gasteiger partial charge in [-0.3, -0.25) is 4.79 Å². The molecule has 0 spiro atoms. The van der Waals surface area contributed by atoms with Gasteiger partial charge in [0.15, 0.2) is 16.4 Å². The molecule has 5 nitrogen and oxygen atoms in total. The summed E-state index contributed by atoms with van der Waals surface area (Å²) < 4.78 is 28.4. The van der Waals surface area contributed by atoms with Crippen LogP contribution in [0.15, 0.2) is 59.5 Å².